The van der Waals surface area contributed by atoms with Crippen LogP contribution in [0.5, 0.6) is 5.88 Å². The zero-order chi connectivity index (χ0) is 31.9. The maximum atomic E-state index is 14.0. The number of carbonyl (C=O) groups is 2. The fourth-order valence-electron chi connectivity index (χ4n) is 5.93. The maximum Gasteiger partial charge on any atom is 0.323 e. The first kappa shape index (κ1) is 32.1. The quantitative estimate of drug-likeness (QED) is 0.177. The van der Waals surface area contributed by atoms with E-state index in [-0.39, 0.29) is 23.9 Å². The molecule has 1 saturated carbocycles. The second kappa shape index (κ2) is 14.6. The van der Waals surface area contributed by atoms with Gasteiger partial charge in [-0.3, -0.25) is 9.59 Å². The molecule has 2 heterocycles. The van der Waals surface area contributed by atoms with Gasteiger partial charge in [-0.1, -0.05) is 24.3 Å². The molecule has 5 rings (SSSR count). The van der Waals surface area contributed by atoms with Gasteiger partial charge in [-0.2, -0.15) is 0 Å². The van der Waals surface area contributed by atoms with Crippen molar-refractivity contribution in [3.05, 3.63) is 76.8 Å². The second-order valence-corrected chi connectivity index (χ2v) is 12.2. The van der Waals surface area contributed by atoms with E-state index in [1.54, 1.807) is 24.4 Å². The van der Waals surface area contributed by atoms with Crippen molar-refractivity contribution in [2.75, 3.05) is 38.7 Å². The van der Waals surface area contributed by atoms with E-state index in [0.717, 1.165) is 42.5 Å². The van der Waals surface area contributed by atoms with Crippen LogP contribution in [0.15, 0.2) is 65.6 Å². The number of aromatic nitrogens is 3. The van der Waals surface area contributed by atoms with Gasteiger partial charge in [0.05, 0.1) is 29.4 Å². The molecule has 0 saturated heterocycles. The van der Waals surface area contributed by atoms with Gasteiger partial charge in [0, 0.05) is 30.3 Å². The van der Waals surface area contributed by atoms with Crippen molar-refractivity contribution < 1.29 is 14.3 Å². The number of rotatable bonds is 12. The third-order valence-electron chi connectivity index (χ3n) is 8.50. The predicted octanol–water partition coefficient (Wildman–Crippen LogP) is 3.44. The summed E-state index contributed by atoms with van der Waals surface area (Å²) >= 11 is 0. The van der Waals surface area contributed by atoms with Gasteiger partial charge in [-0.05, 0) is 100 Å². The number of benzene rings is 2. The zero-order valence-electron chi connectivity index (χ0n) is 26.0. The van der Waals surface area contributed by atoms with E-state index >= 15 is 0 Å². The van der Waals surface area contributed by atoms with Crippen LogP contribution in [0, 0.1) is 11.8 Å². The first-order chi connectivity index (χ1) is 21.7. The number of nitrogens with zero attached hydrogens (tertiary/aromatic N) is 3. The van der Waals surface area contributed by atoms with Crippen molar-refractivity contribution in [1.82, 2.24) is 19.9 Å². The summed E-state index contributed by atoms with van der Waals surface area (Å²) in [7, 11) is 4.06. The molecule has 1 fully saturated rings. The lowest BCUT2D eigenvalue weighted by molar-refractivity contribution is -0.130. The highest BCUT2D eigenvalue weighted by molar-refractivity contribution is 6.17. The predicted molar refractivity (Wildman–Crippen MR) is 176 cm³/mol. The van der Waals surface area contributed by atoms with Crippen LogP contribution in [0.2, 0.25) is 0 Å². The Labute approximate surface area is 263 Å². The van der Waals surface area contributed by atoms with Crippen LogP contribution in [0.3, 0.4) is 0 Å². The van der Waals surface area contributed by atoms with Crippen LogP contribution in [0.25, 0.3) is 22.2 Å². The Morgan fingerprint density at radius 2 is 1.78 bits per heavy atom. The average Bonchev–Trinajstić information content (AvgIpc) is 3.43. The SMILES string of the molecule is CN(C)CCCOc1ccc(-c2cccc(C[C@H](N)C(=O)N(C(=O)C3CCC(CN)CC3)c3ccc4[nH]c(=O)[nH]c4c3)c2)cn1. The average molecular weight is 614 g/mol. The van der Waals surface area contributed by atoms with Crippen molar-refractivity contribution >= 4 is 28.5 Å². The normalized spacial score (nSPS) is 17.4. The third kappa shape index (κ3) is 8.05. The van der Waals surface area contributed by atoms with E-state index in [9.17, 15) is 14.4 Å². The third-order valence-corrected chi connectivity index (χ3v) is 8.50. The number of hydrogen-bond acceptors (Lipinski definition) is 8. The van der Waals surface area contributed by atoms with Crippen LogP contribution in [-0.2, 0) is 16.0 Å². The highest BCUT2D eigenvalue weighted by atomic mass is 16.5. The van der Waals surface area contributed by atoms with Crippen molar-refractivity contribution in [3.63, 3.8) is 0 Å². The Morgan fingerprint density at radius 1 is 1.00 bits per heavy atom. The smallest absolute Gasteiger partial charge is 0.323 e. The van der Waals surface area contributed by atoms with Gasteiger partial charge in [0.1, 0.15) is 0 Å². The molecule has 0 aliphatic heterocycles. The number of imide groups is 1. The Morgan fingerprint density at radius 3 is 2.49 bits per heavy atom. The van der Waals surface area contributed by atoms with Crippen molar-refractivity contribution in [2.45, 2.75) is 44.6 Å². The Bertz CT molecular complexity index is 1660. The molecule has 11 nitrogen and oxygen atoms in total. The summed E-state index contributed by atoms with van der Waals surface area (Å²) in [5.74, 6) is -0.0980. The van der Waals surface area contributed by atoms with E-state index in [1.807, 2.05) is 50.5 Å². The molecule has 6 N–H and O–H groups in total. The molecular weight excluding hydrogens is 570 g/mol. The molecule has 2 amide bonds. The van der Waals surface area contributed by atoms with Crippen molar-refractivity contribution in [2.24, 2.45) is 23.3 Å². The topological polar surface area (TPSA) is 163 Å². The summed E-state index contributed by atoms with van der Waals surface area (Å²) in [6.45, 7) is 2.13. The largest absolute Gasteiger partial charge is 0.478 e. The molecule has 2 aromatic carbocycles. The molecule has 0 spiro atoms. The van der Waals surface area contributed by atoms with Crippen molar-refractivity contribution in [3.8, 4) is 17.0 Å². The van der Waals surface area contributed by atoms with Gasteiger partial charge in [-0.15, -0.1) is 0 Å². The molecule has 0 bridgehead atoms. The number of fused-ring (bicyclic) bond motifs is 1. The number of anilines is 1. The zero-order valence-corrected chi connectivity index (χ0v) is 26.0. The molecule has 0 unspecified atom stereocenters. The summed E-state index contributed by atoms with van der Waals surface area (Å²) in [6.07, 6.45) is 5.94. The summed E-state index contributed by atoms with van der Waals surface area (Å²) < 4.78 is 5.76. The number of ether oxygens (including phenoxy) is 1. The van der Waals surface area contributed by atoms with Crippen LogP contribution in [-0.4, -0.2) is 71.5 Å². The van der Waals surface area contributed by atoms with E-state index < -0.39 is 11.9 Å². The Balaban J connectivity index is 1.32. The molecule has 45 heavy (non-hydrogen) atoms. The van der Waals surface area contributed by atoms with Gasteiger partial charge in [0.15, 0.2) is 0 Å². The van der Waals surface area contributed by atoms with Gasteiger partial charge >= 0.3 is 5.69 Å². The van der Waals surface area contributed by atoms with E-state index in [2.05, 4.69) is 19.9 Å². The van der Waals surface area contributed by atoms with Gasteiger partial charge in [0.25, 0.3) is 5.91 Å². The molecule has 11 heteroatoms. The molecule has 1 atom stereocenters. The monoisotopic (exact) mass is 613 g/mol. The number of amides is 2. The molecule has 1 aliphatic rings. The number of aromatic amines is 2. The first-order valence-corrected chi connectivity index (χ1v) is 15.6. The minimum Gasteiger partial charge on any atom is -0.478 e. The molecule has 2 aromatic heterocycles. The highest BCUT2D eigenvalue weighted by Gasteiger charge is 2.35. The van der Waals surface area contributed by atoms with Crippen LogP contribution in [0.1, 0.15) is 37.7 Å². The van der Waals surface area contributed by atoms with E-state index in [1.165, 1.54) is 4.90 Å². The number of hydrogen-bond donors (Lipinski definition) is 4. The number of imidazole rings is 1. The van der Waals surface area contributed by atoms with Crippen LogP contribution >= 0.6 is 0 Å². The number of H-pyrrole nitrogens is 2. The highest BCUT2D eigenvalue weighted by Crippen LogP contribution is 2.32. The number of nitrogens with two attached hydrogens (primary N) is 2. The first-order valence-electron chi connectivity index (χ1n) is 15.6. The van der Waals surface area contributed by atoms with E-state index in [0.29, 0.717) is 54.5 Å². The summed E-state index contributed by atoms with van der Waals surface area (Å²) in [5, 5.41) is 0. The standard InChI is InChI=1S/C34H43N7O4/c1-40(2)15-4-16-45-31-14-11-26(21-37-31)25-6-3-5-23(17-25)18-28(36)33(43)41(32(42)24-9-7-22(20-35)8-10-24)27-12-13-29-30(19-27)39-34(44)38-29/h3,5-6,11-14,17,19,21-22,24,28H,4,7-10,15-16,18,20,35-36H2,1-2H3,(H2,38,39,44)/t22?,24?,28-/m0/s1. The van der Waals surface area contributed by atoms with Gasteiger partial charge in [0.2, 0.25) is 11.8 Å². The molecule has 0 radical (unpaired) electrons. The summed E-state index contributed by atoms with van der Waals surface area (Å²) in [5.41, 5.74) is 16.2. The fourth-order valence-corrected chi connectivity index (χ4v) is 5.93. The molecule has 238 valence electrons. The lowest BCUT2D eigenvalue weighted by Gasteiger charge is -2.32. The molecule has 4 aromatic rings. The molecule has 1 aliphatic carbocycles. The minimum atomic E-state index is -0.971. The molecular formula is C34H43N7O4. The minimum absolute atomic E-state index is 0.236. The number of nitrogens with one attached hydrogen (secondary N) is 2. The second-order valence-electron chi connectivity index (χ2n) is 12.2. The Hall–Kier alpha value is -4.32. The summed E-state index contributed by atoms with van der Waals surface area (Å²) in [6, 6.07) is 15.6. The Kier molecular flexibility index (Phi) is 10.4. The number of pyridine rings is 1. The van der Waals surface area contributed by atoms with Crippen LogP contribution in [0.4, 0.5) is 5.69 Å². The number of carbonyl (C=O) groups excluding carboxylic acids is 2. The lowest BCUT2D eigenvalue weighted by Crippen LogP contribution is -2.50. The van der Waals surface area contributed by atoms with Crippen LogP contribution < -0.4 is 26.8 Å². The fraction of sp³-hybridized carbons (Fsp3) is 0.412. The van der Waals surface area contributed by atoms with E-state index in [4.69, 9.17) is 16.2 Å². The van der Waals surface area contributed by atoms with Gasteiger partial charge in [-0.25, -0.2) is 14.7 Å². The maximum absolute atomic E-state index is 14.0. The summed E-state index contributed by atoms with van der Waals surface area (Å²) in [4.78, 5) is 53.0. The van der Waals surface area contributed by atoms with Crippen molar-refractivity contribution in [1.29, 1.82) is 0 Å². The van der Waals surface area contributed by atoms with Gasteiger partial charge < -0.3 is 31.1 Å². The lowest BCUT2D eigenvalue weighted by atomic mass is 9.81.